The summed E-state index contributed by atoms with van der Waals surface area (Å²) in [7, 11) is 1.27. The van der Waals surface area contributed by atoms with Gasteiger partial charge in [0.1, 0.15) is 5.75 Å². The Labute approximate surface area is 93.2 Å². The number of ether oxygens (including phenoxy) is 2. The third-order valence-electron chi connectivity index (χ3n) is 1.75. The molecule has 8 heteroatoms. The number of hydrogen-bond donors (Lipinski definition) is 0. The maximum atomic E-state index is 12.5. The van der Waals surface area contributed by atoms with E-state index in [2.05, 4.69) is 14.5 Å². The van der Waals surface area contributed by atoms with Crippen LogP contribution in [0.5, 0.6) is 11.6 Å². The Hall–Kier alpha value is -1.60. The van der Waals surface area contributed by atoms with E-state index < -0.39 is 18.7 Å². The van der Waals surface area contributed by atoms with Crippen LogP contribution in [0.2, 0.25) is 0 Å². The maximum absolute atomic E-state index is 12.5. The average molecular weight is 257 g/mol. The molecule has 0 unspecified atom stereocenters. The summed E-state index contributed by atoms with van der Waals surface area (Å²) >= 11 is 0. The fourth-order valence-corrected chi connectivity index (χ4v) is 0.848. The molecule has 1 heterocycles. The van der Waals surface area contributed by atoms with Gasteiger partial charge in [0.2, 0.25) is 5.88 Å². The standard InChI is InChI=1S/C9H8F5NO2/c1-16-7-4-6(2-3-15-7)17-5-8(10,11)9(12,13)14/h2-4H,5H2,1H3. The van der Waals surface area contributed by atoms with Crippen LogP contribution in [0.15, 0.2) is 18.3 Å². The number of nitrogens with zero attached hydrogens (tertiary/aromatic N) is 1. The summed E-state index contributed by atoms with van der Waals surface area (Å²) in [5.41, 5.74) is 0. The van der Waals surface area contributed by atoms with Crippen molar-refractivity contribution in [2.24, 2.45) is 0 Å². The number of rotatable bonds is 4. The molecule has 0 saturated heterocycles. The second-order valence-electron chi connectivity index (χ2n) is 3.02. The second kappa shape index (κ2) is 4.72. The quantitative estimate of drug-likeness (QED) is 0.777. The van der Waals surface area contributed by atoms with Crippen molar-refractivity contribution in [3.8, 4) is 11.6 Å². The molecule has 1 rings (SSSR count). The highest BCUT2D eigenvalue weighted by molar-refractivity contribution is 5.26. The largest absolute Gasteiger partial charge is 0.487 e. The fourth-order valence-electron chi connectivity index (χ4n) is 0.848. The van der Waals surface area contributed by atoms with Crippen LogP contribution in [-0.2, 0) is 0 Å². The van der Waals surface area contributed by atoms with Crippen molar-refractivity contribution in [1.29, 1.82) is 0 Å². The average Bonchev–Trinajstić information content (AvgIpc) is 2.25. The Bertz CT molecular complexity index is 380. The molecule has 0 fully saturated rings. The highest BCUT2D eigenvalue weighted by atomic mass is 19.4. The Morgan fingerprint density at radius 1 is 1.24 bits per heavy atom. The highest BCUT2D eigenvalue weighted by Gasteiger charge is 2.58. The van der Waals surface area contributed by atoms with Crippen LogP contribution >= 0.6 is 0 Å². The van der Waals surface area contributed by atoms with E-state index in [0.717, 1.165) is 12.1 Å². The molecule has 0 radical (unpaired) electrons. The molecule has 0 saturated carbocycles. The first-order chi connectivity index (χ1) is 7.76. The topological polar surface area (TPSA) is 31.4 Å². The van der Waals surface area contributed by atoms with E-state index in [4.69, 9.17) is 0 Å². The first kappa shape index (κ1) is 13.5. The van der Waals surface area contributed by atoms with Crippen LogP contribution in [0, 0.1) is 0 Å². The summed E-state index contributed by atoms with van der Waals surface area (Å²) < 4.78 is 69.5. The van der Waals surface area contributed by atoms with Crippen molar-refractivity contribution in [2.45, 2.75) is 12.1 Å². The van der Waals surface area contributed by atoms with E-state index in [1.54, 1.807) is 0 Å². The van der Waals surface area contributed by atoms with Gasteiger partial charge in [0.05, 0.1) is 7.11 Å². The van der Waals surface area contributed by atoms with Gasteiger partial charge in [-0.15, -0.1) is 0 Å². The molecule has 17 heavy (non-hydrogen) atoms. The lowest BCUT2D eigenvalue weighted by molar-refractivity contribution is -0.290. The van der Waals surface area contributed by atoms with Gasteiger partial charge in [-0.1, -0.05) is 0 Å². The molecule has 96 valence electrons. The lowest BCUT2D eigenvalue weighted by atomic mass is 10.3. The van der Waals surface area contributed by atoms with E-state index in [0.29, 0.717) is 0 Å². The number of pyridine rings is 1. The van der Waals surface area contributed by atoms with E-state index in [1.165, 1.54) is 13.3 Å². The monoisotopic (exact) mass is 257 g/mol. The number of alkyl halides is 5. The Morgan fingerprint density at radius 3 is 2.41 bits per heavy atom. The van der Waals surface area contributed by atoms with Crippen LogP contribution in [0.4, 0.5) is 22.0 Å². The molecule has 1 aromatic heterocycles. The molecular formula is C9H8F5NO2. The lowest BCUT2D eigenvalue weighted by Gasteiger charge is -2.19. The van der Waals surface area contributed by atoms with Gasteiger partial charge in [0.25, 0.3) is 0 Å². The molecule has 1 aromatic rings. The normalized spacial score (nSPS) is 12.4. The summed E-state index contributed by atoms with van der Waals surface area (Å²) in [4.78, 5) is 3.64. The van der Waals surface area contributed by atoms with Gasteiger partial charge in [-0.3, -0.25) is 0 Å². The fraction of sp³-hybridized carbons (Fsp3) is 0.444. The van der Waals surface area contributed by atoms with Crippen molar-refractivity contribution in [2.75, 3.05) is 13.7 Å². The van der Waals surface area contributed by atoms with Gasteiger partial charge < -0.3 is 9.47 Å². The van der Waals surface area contributed by atoms with Gasteiger partial charge in [0.15, 0.2) is 6.61 Å². The third kappa shape index (κ3) is 3.43. The number of aromatic nitrogens is 1. The summed E-state index contributed by atoms with van der Waals surface area (Å²) in [6.07, 6.45) is -4.47. The number of hydrogen-bond acceptors (Lipinski definition) is 3. The van der Waals surface area contributed by atoms with Crippen molar-refractivity contribution >= 4 is 0 Å². The van der Waals surface area contributed by atoms with Crippen molar-refractivity contribution in [3.05, 3.63) is 18.3 Å². The van der Waals surface area contributed by atoms with Crippen LogP contribution < -0.4 is 9.47 Å². The Balaban J connectivity index is 2.67. The van der Waals surface area contributed by atoms with Crippen LogP contribution in [0.25, 0.3) is 0 Å². The summed E-state index contributed by atoms with van der Waals surface area (Å²) in [5, 5.41) is 0. The minimum Gasteiger partial charge on any atom is -0.487 e. The lowest BCUT2D eigenvalue weighted by Crippen LogP contribution is -2.41. The Kier molecular flexibility index (Phi) is 3.74. The Morgan fingerprint density at radius 2 is 1.88 bits per heavy atom. The predicted molar refractivity (Wildman–Crippen MR) is 47.3 cm³/mol. The van der Waals surface area contributed by atoms with Crippen LogP contribution in [0.1, 0.15) is 0 Å². The minimum atomic E-state index is -5.63. The van der Waals surface area contributed by atoms with Crippen LogP contribution in [-0.4, -0.2) is 30.8 Å². The van der Waals surface area contributed by atoms with Gasteiger partial charge in [-0.25, -0.2) is 4.98 Å². The van der Waals surface area contributed by atoms with E-state index in [9.17, 15) is 22.0 Å². The predicted octanol–water partition coefficient (Wildman–Crippen LogP) is 2.67. The highest BCUT2D eigenvalue weighted by Crippen LogP contribution is 2.35. The first-order valence-corrected chi connectivity index (χ1v) is 4.33. The van der Waals surface area contributed by atoms with Crippen molar-refractivity contribution in [1.82, 2.24) is 4.98 Å². The van der Waals surface area contributed by atoms with Crippen molar-refractivity contribution in [3.63, 3.8) is 0 Å². The molecular weight excluding hydrogens is 249 g/mol. The number of methoxy groups -OCH3 is 1. The summed E-state index contributed by atoms with van der Waals surface area (Å²) in [5.74, 6) is -5.03. The maximum Gasteiger partial charge on any atom is 0.456 e. The smallest absolute Gasteiger partial charge is 0.456 e. The van der Waals surface area contributed by atoms with Gasteiger partial charge in [0, 0.05) is 12.3 Å². The molecule has 0 N–H and O–H groups in total. The van der Waals surface area contributed by atoms with Crippen LogP contribution in [0.3, 0.4) is 0 Å². The molecule has 0 aliphatic carbocycles. The zero-order chi connectivity index (χ0) is 13.1. The third-order valence-corrected chi connectivity index (χ3v) is 1.75. The van der Waals surface area contributed by atoms with Gasteiger partial charge in [-0.05, 0) is 6.07 Å². The van der Waals surface area contributed by atoms with E-state index in [1.807, 2.05) is 0 Å². The zero-order valence-electron chi connectivity index (χ0n) is 8.59. The van der Waals surface area contributed by atoms with Gasteiger partial charge in [-0.2, -0.15) is 22.0 Å². The molecule has 3 nitrogen and oxygen atoms in total. The second-order valence-corrected chi connectivity index (χ2v) is 3.02. The zero-order valence-corrected chi connectivity index (χ0v) is 8.59. The van der Waals surface area contributed by atoms with Gasteiger partial charge >= 0.3 is 12.1 Å². The minimum absolute atomic E-state index is 0.0535. The van der Waals surface area contributed by atoms with E-state index in [-0.39, 0.29) is 11.6 Å². The van der Waals surface area contributed by atoms with E-state index >= 15 is 0 Å². The molecule has 0 amide bonds. The first-order valence-electron chi connectivity index (χ1n) is 4.33. The molecule has 0 atom stereocenters. The SMILES string of the molecule is COc1cc(OCC(F)(F)C(F)(F)F)ccn1. The molecule has 0 aromatic carbocycles. The van der Waals surface area contributed by atoms with Crippen molar-refractivity contribution < 1.29 is 31.4 Å². The number of halogens is 5. The molecule has 0 aliphatic heterocycles. The summed E-state index contributed by atoms with van der Waals surface area (Å²) in [6.45, 7) is -1.79. The molecule has 0 aliphatic rings. The summed E-state index contributed by atoms with van der Waals surface area (Å²) in [6, 6.07) is 2.25. The molecule has 0 bridgehead atoms. The molecule has 0 spiro atoms.